The van der Waals surface area contributed by atoms with Crippen molar-refractivity contribution in [2.24, 2.45) is 0 Å². The van der Waals surface area contributed by atoms with Crippen LogP contribution in [0.1, 0.15) is 25.8 Å². The Morgan fingerprint density at radius 1 is 1.45 bits per heavy atom. The van der Waals surface area contributed by atoms with E-state index in [0.29, 0.717) is 29.5 Å². The van der Waals surface area contributed by atoms with Crippen LogP contribution in [0.5, 0.6) is 11.5 Å². The predicted octanol–water partition coefficient (Wildman–Crippen LogP) is 2.70. The highest BCUT2D eigenvalue weighted by atomic mass is 35.5. The number of carboxylic acid groups (broad SMARTS) is 1. The third-order valence-electron chi connectivity index (χ3n) is 2.79. The SMILES string of the molecule is CCNCc1cc(Cl)cc(OC)c1OC(CC)C(=O)O. The molecule has 0 aliphatic rings. The molecule has 0 fully saturated rings. The topological polar surface area (TPSA) is 67.8 Å². The van der Waals surface area contributed by atoms with E-state index in [9.17, 15) is 4.79 Å². The van der Waals surface area contributed by atoms with E-state index in [1.54, 1.807) is 19.1 Å². The molecule has 1 atom stereocenters. The van der Waals surface area contributed by atoms with Gasteiger partial charge in [0, 0.05) is 23.2 Å². The molecule has 0 bridgehead atoms. The van der Waals surface area contributed by atoms with Gasteiger partial charge in [-0.25, -0.2) is 4.79 Å². The van der Waals surface area contributed by atoms with Crippen molar-refractivity contribution in [2.45, 2.75) is 32.9 Å². The molecule has 0 aliphatic heterocycles. The molecule has 1 aromatic rings. The molecule has 0 radical (unpaired) electrons. The average molecular weight is 302 g/mol. The van der Waals surface area contributed by atoms with E-state index in [2.05, 4.69) is 5.32 Å². The van der Waals surface area contributed by atoms with E-state index in [0.717, 1.165) is 12.1 Å². The lowest BCUT2D eigenvalue weighted by Crippen LogP contribution is -2.27. The normalized spacial score (nSPS) is 12.0. The first-order valence-corrected chi connectivity index (χ1v) is 6.87. The van der Waals surface area contributed by atoms with Crippen LogP contribution in [0, 0.1) is 0 Å². The van der Waals surface area contributed by atoms with E-state index < -0.39 is 12.1 Å². The number of hydrogen-bond acceptors (Lipinski definition) is 4. The Morgan fingerprint density at radius 2 is 2.15 bits per heavy atom. The molecule has 0 aromatic heterocycles. The smallest absolute Gasteiger partial charge is 0.344 e. The van der Waals surface area contributed by atoms with Crippen molar-refractivity contribution in [2.75, 3.05) is 13.7 Å². The summed E-state index contributed by atoms with van der Waals surface area (Å²) in [4.78, 5) is 11.1. The van der Waals surface area contributed by atoms with Gasteiger partial charge in [-0.3, -0.25) is 0 Å². The highest BCUT2D eigenvalue weighted by molar-refractivity contribution is 6.30. The molecule has 0 saturated carbocycles. The van der Waals surface area contributed by atoms with E-state index >= 15 is 0 Å². The number of methoxy groups -OCH3 is 1. The molecule has 1 unspecified atom stereocenters. The van der Waals surface area contributed by atoms with Crippen LogP contribution in [0.15, 0.2) is 12.1 Å². The van der Waals surface area contributed by atoms with Gasteiger partial charge in [0.25, 0.3) is 0 Å². The van der Waals surface area contributed by atoms with Crippen LogP contribution in [-0.2, 0) is 11.3 Å². The molecule has 2 N–H and O–H groups in total. The number of ether oxygens (including phenoxy) is 2. The molecule has 5 nitrogen and oxygen atoms in total. The lowest BCUT2D eigenvalue weighted by Gasteiger charge is -2.19. The standard InChI is InChI=1S/C14H20ClNO4/c1-4-11(14(17)18)20-13-9(8-16-5-2)6-10(15)7-12(13)19-3/h6-7,11,16H,4-5,8H2,1-3H3,(H,17,18). The van der Waals surface area contributed by atoms with E-state index in [4.69, 9.17) is 26.2 Å². The molecule has 6 heteroatoms. The second-order valence-electron chi connectivity index (χ2n) is 4.23. The van der Waals surface area contributed by atoms with Crippen LogP contribution >= 0.6 is 11.6 Å². The number of hydrogen-bond donors (Lipinski definition) is 2. The summed E-state index contributed by atoms with van der Waals surface area (Å²) < 4.78 is 10.8. The maximum absolute atomic E-state index is 11.1. The van der Waals surface area contributed by atoms with E-state index in [-0.39, 0.29) is 0 Å². The lowest BCUT2D eigenvalue weighted by molar-refractivity contribution is -0.145. The van der Waals surface area contributed by atoms with Gasteiger partial charge in [0.2, 0.25) is 0 Å². The summed E-state index contributed by atoms with van der Waals surface area (Å²) in [6.45, 7) is 5.04. The fourth-order valence-corrected chi connectivity index (χ4v) is 1.98. The maximum Gasteiger partial charge on any atom is 0.344 e. The number of nitrogens with one attached hydrogen (secondary N) is 1. The Kier molecular flexibility index (Phi) is 6.61. The number of rotatable bonds is 8. The first-order valence-electron chi connectivity index (χ1n) is 6.50. The Labute approximate surface area is 123 Å². The van der Waals surface area contributed by atoms with Crippen LogP contribution in [0.2, 0.25) is 5.02 Å². The van der Waals surface area contributed by atoms with Gasteiger partial charge in [0.15, 0.2) is 17.6 Å². The third kappa shape index (κ3) is 4.28. The van der Waals surface area contributed by atoms with Crippen LogP contribution in [0.3, 0.4) is 0 Å². The quantitative estimate of drug-likeness (QED) is 0.773. The highest BCUT2D eigenvalue weighted by Crippen LogP contribution is 2.35. The molecule has 0 heterocycles. The molecule has 1 aromatic carbocycles. The third-order valence-corrected chi connectivity index (χ3v) is 3.01. The van der Waals surface area contributed by atoms with Crippen LogP contribution in [0.4, 0.5) is 0 Å². The molecule has 112 valence electrons. The largest absolute Gasteiger partial charge is 0.493 e. The summed E-state index contributed by atoms with van der Waals surface area (Å²) in [6, 6.07) is 3.36. The molecule has 0 saturated heterocycles. The van der Waals surface area contributed by atoms with Gasteiger partial charge in [-0.15, -0.1) is 0 Å². The average Bonchev–Trinajstić information content (AvgIpc) is 2.42. The van der Waals surface area contributed by atoms with Crippen LogP contribution in [-0.4, -0.2) is 30.8 Å². The van der Waals surface area contributed by atoms with Crippen molar-refractivity contribution in [1.82, 2.24) is 5.32 Å². The van der Waals surface area contributed by atoms with Crippen LogP contribution in [0.25, 0.3) is 0 Å². The number of carbonyl (C=O) groups is 1. The minimum absolute atomic E-state index is 0.363. The minimum atomic E-state index is -1.00. The number of halogens is 1. The summed E-state index contributed by atoms with van der Waals surface area (Å²) in [5.41, 5.74) is 0.774. The van der Waals surface area contributed by atoms with Gasteiger partial charge >= 0.3 is 5.97 Å². The Hall–Kier alpha value is -1.46. The summed E-state index contributed by atoms with van der Waals surface area (Å²) in [6.07, 6.45) is -0.549. The number of aliphatic carboxylic acids is 1. The fourth-order valence-electron chi connectivity index (χ4n) is 1.75. The zero-order valence-corrected chi connectivity index (χ0v) is 12.7. The zero-order chi connectivity index (χ0) is 15.1. The summed E-state index contributed by atoms with van der Waals surface area (Å²) in [5, 5.41) is 12.8. The van der Waals surface area contributed by atoms with Gasteiger partial charge in [-0.1, -0.05) is 25.4 Å². The fraction of sp³-hybridized carbons (Fsp3) is 0.500. The van der Waals surface area contributed by atoms with Crippen molar-refractivity contribution in [3.05, 3.63) is 22.7 Å². The van der Waals surface area contributed by atoms with E-state index in [1.807, 2.05) is 6.92 Å². The number of benzene rings is 1. The first-order chi connectivity index (χ1) is 9.53. The maximum atomic E-state index is 11.1. The van der Waals surface area contributed by atoms with Gasteiger partial charge in [0.1, 0.15) is 0 Å². The minimum Gasteiger partial charge on any atom is -0.493 e. The Balaban J connectivity index is 3.14. The van der Waals surface area contributed by atoms with Crippen molar-refractivity contribution < 1.29 is 19.4 Å². The molecular formula is C14H20ClNO4. The molecule has 0 spiro atoms. The first kappa shape index (κ1) is 16.6. The van der Waals surface area contributed by atoms with E-state index in [1.165, 1.54) is 7.11 Å². The summed E-state index contributed by atoms with van der Waals surface area (Å²) in [5.74, 6) is -0.142. The molecular weight excluding hydrogens is 282 g/mol. The summed E-state index contributed by atoms with van der Waals surface area (Å²) in [7, 11) is 1.50. The van der Waals surface area contributed by atoms with Crippen molar-refractivity contribution >= 4 is 17.6 Å². The van der Waals surface area contributed by atoms with Crippen molar-refractivity contribution in [3.63, 3.8) is 0 Å². The Morgan fingerprint density at radius 3 is 2.65 bits per heavy atom. The molecule has 0 amide bonds. The second kappa shape index (κ2) is 7.97. The zero-order valence-electron chi connectivity index (χ0n) is 11.9. The molecule has 0 aliphatic carbocycles. The van der Waals surface area contributed by atoms with Gasteiger partial charge in [0.05, 0.1) is 7.11 Å². The van der Waals surface area contributed by atoms with Gasteiger partial charge < -0.3 is 19.9 Å². The van der Waals surface area contributed by atoms with Crippen LogP contribution < -0.4 is 14.8 Å². The molecule has 1 rings (SSSR count). The monoisotopic (exact) mass is 301 g/mol. The van der Waals surface area contributed by atoms with Gasteiger partial charge in [-0.2, -0.15) is 0 Å². The summed E-state index contributed by atoms with van der Waals surface area (Å²) >= 11 is 6.03. The number of carboxylic acids is 1. The Bertz CT molecular complexity index is 465. The van der Waals surface area contributed by atoms with Crippen molar-refractivity contribution in [3.8, 4) is 11.5 Å². The second-order valence-corrected chi connectivity index (χ2v) is 4.67. The highest BCUT2D eigenvalue weighted by Gasteiger charge is 2.21. The van der Waals surface area contributed by atoms with Gasteiger partial charge in [-0.05, 0) is 19.0 Å². The lowest BCUT2D eigenvalue weighted by atomic mass is 10.1. The molecule has 20 heavy (non-hydrogen) atoms. The predicted molar refractivity (Wildman–Crippen MR) is 77.7 cm³/mol. The van der Waals surface area contributed by atoms with Crippen molar-refractivity contribution in [1.29, 1.82) is 0 Å².